The second-order valence-electron chi connectivity index (χ2n) is 8.04. The van der Waals surface area contributed by atoms with Crippen LogP contribution in [0.3, 0.4) is 0 Å². The lowest BCUT2D eigenvalue weighted by Gasteiger charge is -2.34. The SMILES string of the molecule is NC1=NC2(CO1)c1cc(-c3cccnc3)ccc1Oc1c(F)cc(C3=CCOCC3)cc12. The Morgan fingerprint density at radius 2 is 1.94 bits per heavy atom. The van der Waals surface area contributed by atoms with Gasteiger partial charge in [-0.3, -0.25) is 4.98 Å². The third kappa shape index (κ3) is 2.89. The van der Waals surface area contributed by atoms with Crippen molar-refractivity contribution in [2.45, 2.75) is 12.0 Å². The van der Waals surface area contributed by atoms with E-state index in [1.165, 1.54) is 6.07 Å². The topological polar surface area (TPSA) is 79.0 Å². The number of rotatable bonds is 2. The van der Waals surface area contributed by atoms with Gasteiger partial charge in [0, 0.05) is 29.1 Å². The average Bonchev–Trinajstić information content (AvgIpc) is 3.23. The van der Waals surface area contributed by atoms with Gasteiger partial charge < -0.3 is 19.9 Å². The number of nitrogens with two attached hydrogens (primary N) is 1. The minimum Gasteiger partial charge on any atom is -0.462 e. The number of nitrogens with zero attached hydrogens (tertiary/aromatic N) is 2. The summed E-state index contributed by atoms with van der Waals surface area (Å²) in [6.45, 7) is 1.29. The van der Waals surface area contributed by atoms with Crippen molar-refractivity contribution in [3.8, 4) is 22.6 Å². The zero-order valence-electron chi connectivity index (χ0n) is 17.2. The molecule has 7 heteroatoms. The van der Waals surface area contributed by atoms with Crippen LogP contribution in [0.15, 0.2) is 65.9 Å². The first-order valence-corrected chi connectivity index (χ1v) is 10.5. The molecule has 0 amide bonds. The molecular weight excluding hydrogens is 409 g/mol. The number of hydrogen-bond acceptors (Lipinski definition) is 6. The van der Waals surface area contributed by atoms with Crippen LogP contribution in [0.4, 0.5) is 4.39 Å². The average molecular weight is 429 g/mol. The summed E-state index contributed by atoms with van der Waals surface area (Å²) < 4.78 is 32.5. The molecule has 3 aromatic rings. The Balaban J connectivity index is 1.56. The van der Waals surface area contributed by atoms with E-state index in [0.717, 1.165) is 34.2 Å². The van der Waals surface area contributed by atoms with Crippen molar-refractivity contribution in [3.63, 3.8) is 0 Å². The highest BCUT2D eigenvalue weighted by Crippen LogP contribution is 2.53. The molecule has 2 aromatic carbocycles. The van der Waals surface area contributed by atoms with Gasteiger partial charge in [-0.2, -0.15) is 0 Å². The highest BCUT2D eigenvalue weighted by atomic mass is 19.1. The third-order valence-electron chi connectivity index (χ3n) is 6.19. The lowest BCUT2D eigenvalue weighted by molar-refractivity contribution is 0.161. The van der Waals surface area contributed by atoms with Gasteiger partial charge in [0.15, 0.2) is 17.1 Å². The van der Waals surface area contributed by atoms with Crippen LogP contribution >= 0.6 is 0 Å². The summed E-state index contributed by atoms with van der Waals surface area (Å²) in [7, 11) is 0. The Labute approximate surface area is 184 Å². The zero-order chi connectivity index (χ0) is 21.7. The van der Waals surface area contributed by atoms with E-state index in [1.54, 1.807) is 12.4 Å². The summed E-state index contributed by atoms with van der Waals surface area (Å²) in [5.41, 5.74) is 10.1. The fourth-order valence-corrected chi connectivity index (χ4v) is 4.60. The van der Waals surface area contributed by atoms with E-state index >= 15 is 4.39 Å². The van der Waals surface area contributed by atoms with Gasteiger partial charge in [-0.1, -0.05) is 18.2 Å². The van der Waals surface area contributed by atoms with E-state index in [4.69, 9.17) is 24.9 Å². The first kappa shape index (κ1) is 19.0. The van der Waals surface area contributed by atoms with Crippen molar-refractivity contribution in [1.29, 1.82) is 0 Å². The standard InChI is InChI=1S/C25H20FN3O3/c26-21-12-18(15-5-8-30-9-6-15)11-20-23(21)32-22-4-3-16(17-2-1-7-28-13-17)10-19(22)25(20)14-31-24(27)29-25/h1-5,7,10-13H,6,8-9,14H2,(H2,27,29). The van der Waals surface area contributed by atoms with E-state index in [1.807, 2.05) is 42.5 Å². The summed E-state index contributed by atoms with van der Waals surface area (Å²) in [6.07, 6.45) is 6.23. The molecule has 3 aliphatic rings. The maximum absolute atomic E-state index is 15.3. The van der Waals surface area contributed by atoms with Crippen LogP contribution in [0.5, 0.6) is 11.5 Å². The Hall–Kier alpha value is -3.71. The van der Waals surface area contributed by atoms with Crippen molar-refractivity contribution < 1.29 is 18.6 Å². The molecule has 160 valence electrons. The number of hydrogen-bond donors (Lipinski definition) is 1. The molecule has 0 saturated heterocycles. The second kappa shape index (κ2) is 7.17. The first-order valence-electron chi connectivity index (χ1n) is 10.5. The van der Waals surface area contributed by atoms with Crippen LogP contribution in [0.25, 0.3) is 16.7 Å². The van der Waals surface area contributed by atoms with Crippen molar-refractivity contribution in [3.05, 3.63) is 83.4 Å². The van der Waals surface area contributed by atoms with Crippen LogP contribution in [0.2, 0.25) is 0 Å². The number of amidine groups is 1. The molecule has 0 bridgehead atoms. The zero-order valence-corrected chi connectivity index (χ0v) is 17.2. The Morgan fingerprint density at radius 3 is 2.69 bits per heavy atom. The summed E-state index contributed by atoms with van der Waals surface area (Å²) in [5.74, 6) is 0.251. The Bertz CT molecular complexity index is 1290. The van der Waals surface area contributed by atoms with Crippen LogP contribution in [0, 0.1) is 5.82 Å². The van der Waals surface area contributed by atoms with Gasteiger partial charge in [-0.05, 0) is 53.5 Å². The van der Waals surface area contributed by atoms with Gasteiger partial charge in [0.1, 0.15) is 12.4 Å². The molecular formula is C25H20FN3O3. The fourth-order valence-electron chi connectivity index (χ4n) is 4.60. The van der Waals surface area contributed by atoms with Gasteiger partial charge in [0.05, 0.1) is 13.2 Å². The molecule has 6 nitrogen and oxygen atoms in total. The van der Waals surface area contributed by atoms with Crippen molar-refractivity contribution in [1.82, 2.24) is 4.98 Å². The van der Waals surface area contributed by atoms with Crippen molar-refractivity contribution in [2.75, 3.05) is 19.8 Å². The summed E-state index contributed by atoms with van der Waals surface area (Å²) in [4.78, 5) is 8.91. The lowest BCUT2D eigenvalue weighted by atomic mass is 9.79. The molecule has 32 heavy (non-hydrogen) atoms. The molecule has 1 aromatic heterocycles. The number of aliphatic imine (C=N–C) groups is 1. The molecule has 1 atom stereocenters. The molecule has 4 heterocycles. The van der Waals surface area contributed by atoms with Crippen molar-refractivity contribution in [2.24, 2.45) is 10.7 Å². The largest absolute Gasteiger partial charge is 0.462 e. The third-order valence-corrected chi connectivity index (χ3v) is 6.19. The molecule has 1 spiro atoms. The van der Waals surface area contributed by atoms with Gasteiger partial charge in [0.25, 0.3) is 6.02 Å². The number of halogens is 1. The molecule has 6 rings (SSSR count). The van der Waals surface area contributed by atoms with E-state index in [-0.39, 0.29) is 18.4 Å². The minimum absolute atomic E-state index is 0.0756. The molecule has 0 radical (unpaired) electrons. The highest BCUT2D eigenvalue weighted by molar-refractivity contribution is 5.79. The number of pyridine rings is 1. The maximum Gasteiger partial charge on any atom is 0.283 e. The molecule has 0 aliphatic carbocycles. The predicted molar refractivity (Wildman–Crippen MR) is 118 cm³/mol. The summed E-state index contributed by atoms with van der Waals surface area (Å²) >= 11 is 0. The van der Waals surface area contributed by atoms with Crippen LogP contribution in [-0.2, 0) is 15.0 Å². The first-order chi connectivity index (χ1) is 15.6. The fraction of sp³-hybridized carbons (Fsp3) is 0.200. The van der Waals surface area contributed by atoms with Crippen molar-refractivity contribution >= 4 is 11.6 Å². The normalized spacial score (nSPS) is 21.2. The van der Waals surface area contributed by atoms with Gasteiger partial charge >= 0.3 is 0 Å². The highest BCUT2D eigenvalue weighted by Gasteiger charge is 2.48. The monoisotopic (exact) mass is 429 g/mol. The lowest BCUT2D eigenvalue weighted by Crippen LogP contribution is -2.31. The van der Waals surface area contributed by atoms with E-state index in [9.17, 15) is 0 Å². The predicted octanol–water partition coefficient (Wildman–Crippen LogP) is 4.39. The molecule has 1 unspecified atom stereocenters. The van der Waals surface area contributed by atoms with Crippen LogP contribution in [0.1, 0.15) is 23.1 Å². The number of aromatic nitrogens is 1. The molecule has 0 saturated carbocycles. The number of benzene rings is 2. The Kier molecular flexibility index (Phi) is 4.26. The maximum atomic E-state index is 15.3. The van der Waals surface area contributed by atoms with E-state index < -0.39 is 11.4 Å². The number of ether oxygens (including phenoxy) is 3. The summed E-state index contributed by atoms with van der Waals surface area (Å²) in [6, 6.07) is 13.2. The van der Waals surface area contributed by atoms with Gasteiger partial charge in [-0.15, -0.1) is 0 Å². The smallest absolute Gasteiger partial charge is 0.283 e. The Morgan fingerprint density at radius 1 is 1.03 bits per heavy atom. The van der Waals surface area contributed by atoms with Gasteiger partial charge in [-0.25, -0.2) is 9.38 Å². The number of fused-ring (bicyclic) bond motifs is 4. The molecule has 2 N–H and O–H groups in total. The quantitative estimate of drug-likeness (QED) is 0.654. The van der Waals surface area contributed by atoms with Crippen LogP contribution < -0.4 is 10.5 Å². The minimum atomic E-state index is -0.992. The second-order valence-corrected chi connectivity index (χ2v) is 8.04. The summed E-state index contributed by atoms with van der Waals surface area (Å²) in [5, 5.41) is 0. The van der Waals surface area contributed by atoms with E-state index in [2.05, 4.69) is 4.98 Å². The van der Waals surface area contributed by atoms with E-state index in [0.29, 0.717) is 24.5 Å². The molecule has 3 aliphatic heterocycles. The van der Waals surface area contributed by atoms with Crippen LogP contribution in [-0.4, -0.2) is 30.8 Å². The van der Waals surface area contributed by atoms with Gasteiger partial charge in [0.2, 0.25) is 0 Å². The molecule has 0 fully saturated rings.